The number of aliphatic hydroxyl groups is 1. The molecule has 1 aliphatic rings. The minimum Gasteiger partial charge on any atom is -0.366 e. The van der Waals surface area contributed by atoms with E-state index in [1.807, 2.05) is 5.92 Å². The highest BCUT2D eigenvalue weighted by atomic mass is 127. The first kappa shape index (κ1) is 15.7. The molecular formula is C13H10ClF3INO. The molecule has 1 fully saturated rings. The van der Waals surface area contributed by atoms with Gasteiger partial charge < -0.3 is 8.64 Å². The Morgan fingerprint density at radius 2 is 2.00 bits per heavy atom. The molecule has 2 nitrogen and oxygen atoms in total. The third-order valence-corrected chi connectivity index (χ3v) is 3.73. The first-order valence-corrected chi connectivity index (χ1v) is 7.22. The van der Waals surface area contributed by atoms with Crippen molar-refractivity contribution in [2.75, 3.05) is 3.53 Å². The molecule has 0 aromatic heterocycles. The second-order valence-corrected chi connectivity index (χ2v) is 5.51. The number of hydrogen-bond acceptors (Lipinski definition) is 2. The van der Waals surface area contributed by atoms with Crippen LogP contribution in [0.4, 0.5) is 18.9 Å². The molecular weight excluding hydrogens is 406 g/mol. The van der Waals surface area contributed by atoms with Crippen LogP contribution in [-0.4, -0.2) is 11.3 Å². The van der Waals surface area contributed by atoms with Crippen LogP contribution < -0.4 is 3.53 Å². The molecule has 0 unspecified atom stereocenters. The summed E-state index contributed by atoms with van der Waals surface area (Å²) in [5.74, 6) is 4.42. The smallest absolute Gasteiger partial charge is 0.366 e. The fraction of sp³-hybridized carbons (Fsp3) is 0.385. The molecule has 0 aliphatic heterocycles. The minimum atomic E-state index is -4.91. The maximum absolute atomic E-state index is 13.3. The van der Waals surface area contributed by atoms with Crippen molar-refractivity contribution in [3.8, 4) is 11.8 Å². The fourth-order valence-electron chi connectivity index (χ4n) is 1.62. The predicted molar refractivity (Wildman–Crippen MR) is 79.5 cm³/mol. The summed E-state index contributed by atoms with van der Waals surface area (Å²) in [5, 5.41) is 10.2. The Bertz CT molecular complexity index is 577. The van der Waals surface area contributed by atoms with Crippen molar-refractivity contribution in [1.29, 1.82) is 0 Å². The van der Waals surface area contributed by atoms with Crippen LogP contribution in [0.5, 0.6) is 0 Å². The quantitative estimate of drug-likeness (QED) is 0.430. The molecule has 20 heavy (non-hydrogen) atoms. The Hall–Kier alpha value is -0.650. The van der Waals surface area contributed by atoms with Gasteiger partial charge in [0.2, 0.25) is 5.60 Å². The molecule has 0 bridgehead atoms. The lowest BCUT2D eigenvalue weighted by molar-refractivity contribution is -0.240. The maximum Gasteiger partial charge on any atom is 0.433 e. The standard InChI is InChI=1S/C13H10ClF3INO/c14-9-3-4-11(19-18)10(7-9)12(20,13(15,16)17)6-5-8-1-2-8/h3-4,7-8,19-20H,1-2H2/t12-/m0/s1. The Kier molecular flexibility index (Phi) is 4.42. The highest BCUT2D eigenvalue weighted by Gasteiger charge is 2.55. The maximum atomic E-state index is 13.3. The minimum absolute atomic E-state index is 0.0564. The van der Waals surface area contributed by atoms with Gasteiger partial charge in [-0.1, -0.05) is 23.4 Å². The van der Waals surface area contributed by atoms with Gasteiger partial charge in [-0.15, -0.1) is 0 Å². The summed E-state index contributed by atoms with van der Waals surface area (Å²) in [6, 6.07) is 3.90. The van der Waals surface area contributed by atoms with Crippen molar-refractivity contribution in [1.82, 2.24) is 0 Å². The van der Waals surface area contributed by atoms with Crippen LogP contribution in [0.3, 0.4) is 0 Å². The highest BCUT2D eigenvalue weighted by Crippen LogP contribution is 2.43. The number of anilines is 1. The molecule has 0 heterocycles. The van der Waals surface area contributed by atoms with Gasteiger partial charge in [0.15, 0.2) is 0 Å². The lowest BCUT2D eigenvalue weighted by atomic mass is 9.92. The van der Waals surface area contributed by atoms with Crippen LogP contribution in [0, 0.1) is 17.8 Å². The molecule has 1 aromatic rings. The van der Waals surface area contributed by atoms with E-state index in [1.54, 1.807) is 22.9 Å². The topological polar surface area (TPSA) is 32.3 Å². The molecule has 1 saturated carbocycles. The van der Waals surface area contributed by atoms with Crippen LogP contribution >= 0.6 is 34.5 Å². The molecule has 0 radical (unpaired) electrons. The van der Waals surface area contributed by atoms with E-state index in [4.69, 9.17) is 11.6 Å². The van der Waals surface area contributed by atoms with E-state index in [2.05, 4.69) is 9.45 Å². The van der Waals surface area contributed by atoms with Crippen LogP contribution in [0.25, 0.3) is 0 Å². The lowest BCUT2D eigenvalue weighted by Crippen LogP contribution is -2.41. The van der Waals surface area contributed by atoms with Crippen LogP contribution in [0.15, 0.2) is 18.2 Å². The number of nitrogens with one attached hydrogen (secondary N) is 1. The first-order valence-electron chi connectivity index (χ1n) is 5.76. The zero-order valence-electron chi connectivity index (χ0n) is 10.1. The van der Waals surface area contributed by atoms with E-state index in [9.17, 15) is 18.3 Å². The van der Waals surface area contributed by atoms with Crippen LogP contribution in [0.1, 0.15) is 18.4 Å². The molecule has 1 atom stereocenters. The molecule has 1 aromatic carbocycles. The summed E-state index contributed by atoms with van der Waals surface area (Å²) in [5.41, 5.74) is -3.49. The predicted octanol–water partition coefficient (Wildman–Crippen LogP) is 4.27. The van der Waals surface area contributed by atoms with Crippen molar-refractivity contribution in [2.45, 2.75) is 24.6 Å². The second-order valence-electron chi connectivity index (χ2n) is 4.54. The molecule has 2 rings (SSSR count). The van der Waals surface area contributed by atoms with E-state index in [0.29, 0.717) is 0 Å². The van der Waals surface area contributed by atoms with Gasteiger partial charge in [-0.3, -0.25) is 0 Å². The summed E-state index contributed by atoms with van der Waals surface area (Å²) in [6.07, 6.45) is -3.37. The Morgan fingerprint density at radius 3 is 2.50 bits per heavy atom. The Morgan fingerprint density at radius 1 is 1.35 bits per heavy atom. The van der Waals surface area contributed by atoms with Gasteiger partial charge >= 0.3 is 6.18 Å². The van der Waals surface area contributed by atoms with Gasteiger partial charge in [-0.05, 0) is 31.0 Å². The van der Waals surface area contributed by atoms with Crippen molar-refractivity contribution in [2.24, 2.45) is 5.92 Å². The number of rotatable bonds is 2. The van der Waals surface area contributed by atoms with Gasteiger partial charge in [0, 0.05) is 16.5 Å². The summed E-state index contributed by atoms with van der Waals surface area (Å²) in [4.78, 5) is 0. The summed E-state index contributed by atoms with van der Waals surface area (Å²) < 4.78 is 42.4. The average Bonchev–Trinajstić information content (AvgIpc) is 3.18. The fourth-order valence-corrected chi connectivity index (χ4v) is 2.27. The highest BCUT2D eigenvalue weighted by molar-refractivity contribution is 14.1. The van der Waals surface area contributed by atoms with Crippen molar-refractivity contribution in [3.63, 3.8) is 0 Å². The van der Waals surface area contributed by atoms with Gasteiger partial charge in [0.05, 0.1) is 28.6 Å². The summed E-state index contributed by atoms with van der Waals surface area (Å²) in [6.45, 7) is 0. The van der Waals surface area contributed by atoms with Gasteiger partial charge in [-0.25, -0.2) is 0 Å². The van der Waals surface area contributed by atoms with E-state index in [-0.39, 0.29) is 22.2 Å². The monoisotopic (exact) mass is 415 g/mol. The van der Waals surface area contributed by atoms with E-state index >= 15 is 0 Å². The third kappa shape index (κ3) is 3.15. The molecule has 0 amide bonds. The lowest BCUT2D eigenvalue weighted by Gasteiger charge is -2.27. The number of alkyl halides is 3. The van der Waals surface area contributed by atoms with Crippen LogP contribution in [-0.2, 0) is 5.60 Å². The van der Waals surface area contributed by atoms with Gasteiger partial charge in [0.25, 0.3) is 0 Å². The SMILES string of the molecule is O[C@@](C#CC1CC1)(c1cc(Cl)ccc1NI)C(F)(F)F. The molecule has 108 valence electrons. The molecule has 7 heteroatoms. The van der Waals surface area contributed by atoms with E-state index in [1.165, 1.54) is 12.1 Å². The molecule has 0 spiro atoms. The normalized spacial score (nSPS) is 17.9. The summed E-state index contributed by atoms with van der Waals surface area (Å²) >= 11 is 7.44. The van der Waals surface area contributed by atoms with Crippen LogP contribution in [0.2, 0.25) is 5.02 Å². The molecule has 0 saturated heterocycles. The molecule has 2 N–H and O–H groups in total. The third-order valence-electron chi connectivity index (χ3n) is 2.92. The van der Waals surface area contributed by atoms with Crippen molar-refractivity contribution in [3.05, 3.63) is 28.8 Å². The van der Waals surface area contributed by atoms with E-state index < -0.39 is 11.8 Å². The van der Waals surface area contributed by atoms with Crippen molar-refractivity contribution >= 4 is 40.2 Å². The first-order chi connectivity index (χ1) is 9.28. The average molecular weight is 416 g/mol. The zero-order valence-corrected chi connectivity index (χ0v) is 13.0. The number of halogens is 5. The number of hydrogen-bond donors (Lipinski definition) is 2. The van der Waals surface area contributed by atoms with Gasteiger partial charge in [-0.2, -0.15) is 13.2 Å². The Labute approximate surface area is 133 Å². The van der Waals surface area contributed by atoms with E-state index in [0.717, 1.165) is 18.9 Å². The summed E-state index contributed by atoms with van der Waals surface area (Å²) in [7, 11) is 0. The second kappa shape index (κ2) is 5.62. The number of benzene rings is 1. The zero-order chi connectivity index (χ0) is 15.0. The molecule has 1 aliphatic carbocycles. The van der Waals surface area contributed by atoms with Crippen molar-refractivity contribution < 1.29 is 18.3 Å². The Balaban J connectivity index is 2.57. The largest absolute Gasteiger partial charge is 0.433 e. The van der Waals surface area contributed by atoms with Gasteiger partial charge in [0.1, 0.15) is 0 Å².